The van der Waals surface area contributed by atoms with E-state index in [1.54, 1.807) is 6.08 Å². The third-order valence-electron chi connectivity index (χ3n) is 5.04. The fraction of sp³-hybridized carbons (Fsp3) is 0.185. The van der Waals surface area contributed by atoms with Crippen LogP contribution in [0.4, 0.5) is 10.1 Å². The van der Waals surface area contributed by atoms with Crippen molar-refractivity contribution in [1.82, 2.24) is 0 Å². The van der Waals surface area contributed by atoms with E-state index in [4.69, 9.17) is 26.4 Å². The van der Waals surface area contributed by atoms with Crippen molar-refractivity contribution >= 4 is 46.0 Å². The standard InChI is InChI=1S/C27H24FNO4S2/c1-3-31-24-16-19(7-12-23(24)33-14-13-32-22-6-4-5-18(2)15-22)17-25-26(30)29(27(34)35-25)21-10-8-20(28)9-11-21/h4-12,15-17H,3,13-14H2,1-2H3/b25-17-. The molecule has 4 rings (SSSR count). The van der Waals surface area contributed by atoms with E-state index in [9.17, 15) is 9.18 Å². The van der Waals surface area contributed by atoms with Crippen LogP contribution in [0.15, 0.2) is 71.6 Å². The summed E-state index contributed by atoms with van der Waals surface area (Å²) in [4.78, 5) is 14.9. The fourth-order valence-corrected chi connectivity index (χ4v) is 4.75. The number of benzene rings is 3. The van der Waals surface area contributed by atoms with E-state index >= 15 is 0 Å². The maximum atomic E-state index is 13.3. The molecule has 180 valence electrons. The van der Waals surface area contributed by atoms with Crippen molar-refractivity contribution < 1.29 is 23.4 Å². The van der Waals surface area contributed by atoms with Gasteiger partial charge in [0.05, 0.1) is 17.2 Å². The minimum Gasteiger partial charge on any atom is -0.490 e. The summed E-state index contributed by atoms with van der Waals surface area (Å²) in [6.07, 6.45) is 1.76. The van der Waals surface area contributed by atoms with E-state index in [-0.39, 0.29) is 11.7 Å². The third kappa shape index (κ3) is 6.21. The molecule has 35 heavy (non-hydrogen) atoms. The smallest absolute Gasteiger partial charge is 0.270 e. The highest BCUT2D eigenvalue weighted by Gasteiger charge is 2.33. The van der Waals surface area contributed by atoms with Gasteiger partial charge in [0.15, 0.2) is 15.8 Å². The number of ether oxygens (including phenoxy) is 3. The predicted octanol–water partition coefficient (Wildman–Crippen LogP) is 6.40. The molecule has 1 heterocycles. The van der Waals surface area contributed by atoms with Crippen LogP contribution in [-0.2, 0) is 4.79 Å². The van der Waals surface area contributed by atoms with Gasteiger partial charge in [-0.05, 0) is 79.6 Å². The second-order valence-corrected chi connectivity index (χ2v) is 9.32. The molecule has 0 saturated carbocycles. The number of carbonyl (C=O) groups excluding carboxylic acids is 1. The Kier molecular flexibility index (Phi) is 8.05. The largest absolute Gasteiger partial charge is 0.490 e. The summed E-state index contributed by atoms with van der Waals surface area (Å²) in [5.74, 6) is 1.34. The first-order chi connectivity index (χ1) is 16.9. The first-order valence-corrected chi connectivity index (χ1v) is 12.3. The summed E-state index contributed by atoms with van der Waals surface area (Å²) >= 11 is 6.59. The van der Waals surface area contributed by atoms with E-state index in [0.29, 0.717) is 46.2 Å². The van der Waals surface area contributed by atoms with Crippen LogP contribution in [0.2, 0.25) is 0 Å². The number of hydrogen-bond donors (Lipinski definition) is 0. The van der Waals surface area contributed by atoms with Gasteiger partial charge in [0.25, 0.3) is 5.91 Å². The number of carbonyl (C=O) groups is 1. The van der Waals surface area contributed by atoms with Gasteiger partial charge in [0.2, 0.25) is 0 Å². The summed E-state index contributed by atoms with van der Waals surface area (Å²) < 4.78 is 31.1. The molecule has 3 aromatic carbocycles. The average molecular weight is 510 g/mol. The molecule has 0 atom stereocenters. The maximum absolute atomic E-state index is 13.3. The number of nitrogens with zero attached hydrogens (tertiary/aromatic N) is 1. The zero-order valence-corrected chi connectivity index (χ0v) is 21.0. The van der Waals surface area contributed by atoms with Gasteiger partial charge in [-0.1, -0.05) is 42.2 Å². The topological polar surface area (TPSA) is 48.0 Å². The van der Waals surface area contributed by atoms with Crippen molar-refractivity contribution in [2.24, 2.45) is 0 Å². The third-order valence-corrected chi connectivity index (χ3v) is 6.35. The van der Waals surface area contributed by atoms with Gasteiger partial charge in [-0.15, -0.1) is 0 Å². The molecule has 0 unspecified atom stereocenters. The van der Waals surface area contributed by atoms with Crippen molar-refractivity contribution in [2.45, 2.75) is 13.8 Å². The molecule has 0 aromatic heterocycles. The molecule has 1 aliphatic heterocycles. The molecule has 5 nitrogen and oxygen atoms in total. The number of halogens is 1. The number of amides is 1. The Labute approximate surface area is 213 Å². The Hall–Kier alpha value is -3.36. The summed E-state index contributed by atoms with van der Waals surface area (Å²) in [5, 5.41) is 0. The fourth-order valence-electron chi connectivity index (χ4n) is 3.45. The van der Waals surface area contributed by atoms with E-state index in [1.807, 2.05) is 56.3 Å². The lowest BCUT2D eigenvalue weighted by Gasteiger charge is -2.14. The molecule has 1 saturated heterocycles. The van der Waals surface area contributed by atoms with Gasteiger partial charge in [-0.25, -0.2) is 4.39 Å². The number of rotatable bonds is 9. The molecule has 0 N–H and O–H groups in total. The maximum Gasteiger partial charge on any atom is 0.270 e. The van der Waals surface area contributed by atoms with Crippen LogP contribution in [0.1, 0.15) is 18.1 Å². The molecule has 0 radical (unpaired) electrons. The molecular weight excluding hydrogens is 485 g/mol. The van der Waals surface area contributed by atoms with Gasteiger partial charge in [0.1, 0.15) is 24.8 Å². The van der Waals surface area contributed by atoms with Gasteiger partial charge >= 0.3 is 0 Å². The van der Waals surface area contributed by atoms with E-state index in [1.165, 1.54) is 40.9 Å². The number of thioether (sulfide) groups is 1. The first-order valence-electron chi connectivity index (χ1n) is 11.1. The Bertz CT molecular complexity index is 1260. The highest BCUT2D eigenvalue weighted by Crippen LogP contribution is 2.37. The van der Waals surface area contributed by atoms with E-state index in [2.05, 4.69) is 0 Å². The van der Waals surface area contributed by atoms with Crippen LogP contribution < -0.4 is 19.1 Å². The van der Waals surface area contributed by atoms with E-state index < -0.39 is 0 Å². The van der Waals surface area contributed by atoms with E-state index in [0.717, 1.165) is 16.9 Å². The summed E-state index contributed by atoms with van der Waals surface area (Å²) in [7, 11) is 0. The Morgan fingerprint density at radius 3 is 2.49 bits per heavy atom. The number of thiocarbonyl (C=S) groups is 1. The summed E-state index contributed by atoms with van der Waals surface area (Å²) in [6.45, 7) is 5.11. The second-order valence-electron chi connectivity index (χ2n) is 7.65. The monoisotopic (exact) mass is 509 g/mol. The van der Waals surface area contributed by atoms with Crippen LogP contribution in [-0.4, -0.2) is 30.0 Å². The van der Waals surface area contributed by atoms with Crippen molar-refractivity contribution in [3.05, 3.63) is 88.6 Å². The first kappa shape index (κ1) is 24.8. The Balaban J connectivity index is 1.44. The van der Waals surface area contributed by atoms with Crippen molar-refractivity contribution in [2.75, 3.05) is 24.7 Å². The zero-order valence-electron chi connectivity index (χ0n) is 19.3. The predicted molar refractivity (Wildman–Crippen MR) is 142 cm³/mol. The van der Waals surface area contributed by atoms with Gasteiger partial charge in [0, 0.05) is 0 Å². The van der Waals surface area contributed by atoms with Gasteiger partial charge in [-0.2, -0.15) is 0 Å². The SMILES string of the molecule is CCOc1cc(/C=C2\SC(=S)N(c3ccc(F)cc3)C2=O)ccc1OCCOc1cccc(C)c1. The highest BCUT2D eigenvalue weighted by molar-refractivity contribution is 8.27. The quantitative estimate of drug-likeness (QED) is 0.189. The average Bonchev–Trinajstić information content (AvgIpc) is 3.11. The second kappa shape index (κ2) is 11.4. The molecule has 0 bridgehead atoms. The summed E-state index contributed by atoms with van der Waals surface area (Å²) in [5.41, 5.74) is 2.44. The molecular formula is C27H24FNO4S2. The molecule has 8 heteroatoms. The van der Waals surface area contributed by atoms with Crippen molar-refractivity contribution in [1.29, 1.82) is 0 Å². The van der Waals surface area contributed by atoms with Gasteiger partial charge < -0.3 is 14.2 Å². The molecule has 1 aliphatic rings. The lowest BCUT2D eigenvalue weighted by atomic mass is 10.1. The summed E-state index contributed by atoms with van der Waals surface area (Å²) in [6, 6.07) is 19.0. The lowest BCUT2D eigenvalue weighted by Crippen LogP contribution is -2.27. The van der Waals surface area contributed by atoms with Crippen LogP contribution >= 0.6 is 24.0 Å². The van der Waals surface area contributed by atoms with Gasteiger partial charge in [-0.3, -0.25) is 9.69 Å². The normalized spacial score (nSPS) is 14.5. The molecule has 0 aliphatic carbocycles. The molecule has 1 fully saturated rings. The molecule has 1 amide bonds. The number of hydrogen-bond acceptors (Lipinski definition) is 6. The minimum atomic E-state index is -0.373. The zero-order chi connectivity index (χ0) is 24.8. The minimum absolute atomic E-state index is 0.252. The number of anilines is 1. The van der Waals surface area contributed by atoms with Crippen molar-refractivity contribution in [3.8, 4) is 17.2 Å². The van der Waals surface area contributed by atoms with Crippen LogP contribution in [0.3, 0.4) is 0 Å². The molecule has 3 aromatic rings. The Morgan fingerprint density at radius 1 is 0.971 bits per heavy atom. The van der Waals surface area contributed by atoms with Crippen molar-refractivity contribution in [3.63, 3.8) is 0 Å². The van der Waals surface area contributed by atoms with Crippen LogP contribution in [0.25, 0.3) is 6.08 Å². The highest BCUT2D eigenvalue weighted by atomic mass is 32.2. The number of aryl methyl sites for hydroxylation is 1. The lowest BCUT2D eigenvalue weighted by molar-refractivity contribution is -0.113. The Morgan fingerprint density at radius 2 is 1.74 bits per heavy atom. The van der Waals surface area contributed by atoms with Crippen LogP contribution in [0.5, 0.6) is 17.2 Å². The van der Waals surface area contributed by atoms with Crippen LogP contribution in [0, 0.1) is 12.7 Å². The molecule has 0 spiro atoms.